The number of aromatic amines is 1. The van der Waals surface area contributed by atoms with Gasteiger partial charge in [-0.1, -0.05) is 0 Å². The number of hydrogen-bond donors (Lipinski definition) is 2. The average molecular weight is 243 g/mol. The number of rotatable bonds is 1. The van der Waals surface area contributed by atoms with Crippen molar-refractivity contribution in [2.45, 2.75) is 6.54 Å². The van der Waals surface area contributed by atoms with Gasteiger partial charge in [-0.15, -0.1) is 0 Å². The van der Waals surface area contributed by atoms with Gasteiger partial charge in [0.05, 0.1) is 5.52 Å². The highest BCUT2D eigenvalue weighted by atomic mass is 79.9. The van der Waals surface area contributed by atoms with Crippen molar-refractivity contribution < 1.29 is 4.39 Å². The Labute approximate surface area is 83.1 Å². The van der Waals surface area contributed by atoms with Crippen LogP contribution in [-0.4, -0.2) is 4.98 Å². The number of nitrogens with two attached hydrogens (primary N) is 1. The van der Waals surface area contributed by atoms with Gasteiger partial charge < -0.3 is 10.7 Å². The molecule has 3 N–H and O–H groups in total. The van der Waals surface area contributed by atoms with Crippen LogP contribution in [0.15, 0.2) is 22.7 Å². The standard InChI is InChI=1S/C9H8BrFN2/c10-8-3-6(11)1-5-2-7(4-12)13-9(5)8/h1-3,13H,4,12H2. The molecule has 0 bridgehead atoms. The lowest BCUT2D eigenvalue weighted by Crippen LogP contribution is -1.95. The molecule has 68 valence electrons. The summed E-state index contributed by atoms with van der Waals surface area (Å²) in [7, 11) is 0. The van der Waals surface area contributed by atoms with Gasteiger partial charge in [0.15, 0.2) is 0 Å². The Kier molecular flexibility index (Phi) is 2.09. The number of halogens is 2. The van der Waals surface area contributed by atoms with Crippen molar-refractivity contribution in [2.75, 3.05) is 0 Å². The predicted molar refractivity (Wildman–Crippen MR) is 53.8 cm³/mol. The molecule has 0 aliphatic carbocycles. The lowest BCUT2D eigenvalue weighted by molar-refractivity contribution is 0.629. The molecule has 4 heteroatoms. The molecule has 2 aromatic rings. The zero-order chi connectivity index (χ0) is 9.42. The van der Waals surface area contributed by atoms with Gasteiger partial charge in [0, 0.05) is 22.1 Å². The number of benzene rings is 1. The van der Waals surface area contributed by atoms with E-state index in [-0.39, 0.29) is 5.82 Å². The van der Waals surface area contributed by atoms with Gasteiger partial charge in [0.25, 0.3) is 0 Å². The molecule has 0 saturated heterocycles. The summed E-state index contributed by atoms with van der Waals surface area (Å²) in [6, 6.07) is 4.76. The zero-order valence-corrected chi connectivity index (χ0v) is 8.36. The molecule has 2 nitrogen and oxygen atoms in total. The van der Waals surface area contributed by atoms with Gasteiger partial charge in [-0.2, -0.15) is 0 Å². The van der Waals surface area contributed by atoms with E-state index in [9.17, 15) is 4.39 Å². The smallest absolute Gasteiger partial charge is 0.125 e. The maximum absolute atomic E-state index is 12.9. The second-order valence-corrected chi connectivity index (χ2v) is 3.70. The van der Waals surface area contributed by atoms with E-state index < -0.39 is 0 Å². The van der Waals surface area contributed by atoms with E-state index in [1.165, 1.54) is 12.1 Å². The molecule has 0 unspecified atom stereocenters. The molecule has 2 rings (SSSR count). The summed E-state index contributed by atoms with van der Waals surface area (Å²) in [5.41, 5.74) is 7.26. The highest BCUT2D eigenvalue weighted by Gasteiger charge is 2.04. The Balaban J connectivity index is 2.75. The molecule has 1 heterocycles. The number of aromatic nitrogens is 1. The molecule has 1 aromatic heterocycles. The molecule has 0 amide bonds. The van der Waals surface area contributed by atoms with Crippen molar-refractivity contribution in [3.63, 3.8) is 0 Å². The second kappa shape index (κ2) is 3.12. The van der Waals surface area contributed by atoms with E-state index >= 15 is 0 Å². The first kappa shape index (κ1) is 8.72. The minimum Gasteiger partial charge on any atom is -0.356 e. The molecule has 13 heavy (non-hydrogen) atoms. The van der Waals surface area contributed by atoms with Crippen LogP contribution >= 0.6 is 15.9 Å². The molecular formula is C9H8BrFN2. The third-order valence-electron chi connectivity index (χ3n) is 1.92. The lowest BCUT2D eigenvalue weighted by atomic mass is 10.2. The van der Waals surface area contributed by atoms with E-state index in [1.807, 2.05) is 6.07 Å². The molecule has 0 saturated carbocycles. The minimum absolute atomic E-state index is 0.248. The van der Waals surface area contributed by atoms with Crippen molar-refractivity contribution in [1.29, 1.82) is 0 Å². The van der Waals surface area contributed by atoms with Crippen LogP contribution in [0.3, 0.4) is 0 Å². The first-order valence-electron chi connectivity index (χ1n) is 3.87. The molecule has 0 spiro atoms. The van der Waals surface area contributed by atoms with Crippen LogP contribution < -0.4 is 5.73 Å². The maximum atomic E-state index is 12.9. The van der Waals surface area contributed by atoms with Crippen LogP contribution in [-0.2, 0) is 6.54 Å². The summed E-state index contributed by atoms with van der Waals surface area (Å²) < 4.78 is 13.7. The Hall–Kier alpha value is -0.870. The van der Waals surface area contributed by atoms with Crippen LogP contribution in [0.4, 0.5) is 4.39 Å². The summed E-state index contributed by atoms with van der Waals surface area (Å²) in [5.74, 6) is -0.248. The molecule has 0 aliphatic rings. The molecule has 0 aliphatic heterocycles. The second-order valence-electron chi connectivity index (χ2n) is 2.85. The van der Waals surface area contributed by atoms with Crippen LogP contribution in [0.25, 0.3) is 10.9 Å². The summed E-state index contributed by atoms with van der Waals surface area (Å²) >= 11 is 3.28. The molecular weight excluding hydrogens is 235 g/mol. The van der Waals surface area contributed by atoms with Gasteiger partial charge in [-0.3, -0.25) is 0 Å². The zero-order valence-electron chi connectivity index (χ0n) is 6.77. The van der Waals surface area contributed by atoms with Crippen molar-refractivity contribution in [2.24, 2.45) is 5.73 Å². The Bertz CT molecular complexity index is 450. The fourth-order valence-corrected chi connectivity index (χ4v) is 1.88. The number of H-pyrrole nitrogens is 1. The summed E-state index contributed by atoms with van der Waals surface area (Å²) in [6.45, 7) is 0.433. The normalized spacial score (nSPS) is 11.0. The first-order chi connectivity index (χ1) is 6.20. The minimum atomic E-state index is -0.248. The summed E-state index contributed by atoms with van der Waals surface area (Å²) in [6.07, 6.45) is 0. The third kappa shape index (κ3) is 1.47. The number of nitrogens with one attached hydrogen (secondary N) is 1. The molecule has 0 fully saturated rings. The van der Waals surface area contributed by atoms with Gasteiger partial charge >= 0.3 is 0 Å². The van der Waals surface area contributed by atoms with E-state index in [2.05, 4.69) is 20.9 Å². The maximum Gasteiger partial charge on any atom is 0.125 e. The van der Waals surface area contributed by atoms with Gasteiger partial charge in [0.2, 0.25) is 0 Å². The quantitative estimate of drug-likeness (QED) is 0.793. The number of hydrogen-bond acceptors (Lipinski definition) is 1. The van der Waals surface area contributed by atoms with E-state index in [0.717, 1.165) is 21.1 Å². The lowest BCUT2D eigenvalue weighted by Gasteiger charge is -1.94. The Morgan fingerprint density at radius 1 is 1.38 bits per heavy atom. The first-order valence-corrected chi connectivity index (χ1v) is 4.66. The van der Waals surface area contributed by atoms with Crippen LogP contribution in [0.5, 0.6) is 0 Å². The summed E-state index contributed by atoms with van der Waals surface area (Å²) in [4.78, 5) is 3.10. The Morgan fingerprint density at radius 2 is 2.15 bits per heavy atom. The fourth-order valence-electron chi connectivity index (χ4n) is 1.33. The highest BCUT2D eigenvalue weighted by molar-refractivity contribution is 9.10. The van der Waals surface area contributed by atoms with Crippen molar-refractivity contribution in [1.82, 2.24) is 4.98 Å². The number of fused-ring (bicyclic) bond motifs is 1. The highest BCUT2D eigenvalue weighted by Crippen LogP contribution is 2.25. The van der Waals surface area contributed by atoms with Crippen LogP contribution in [0, 0.1) is 5.82 Å². The molecule has 0 radical (unpaired) electrons. The van der Waals surface area contributed by atoms with E-state index in [0.29, 0.717) is 6.54 Å². The van der Waals surface area contributed by atoms with Crippen molar-refractivity contribution >= 4 is 26.8 Å². The monoisotopic (exact) mass is 242 g/mol. The summed E-state index contributed by atoms with van der Waals surface area (Å²) in [5, 5.41) is 0.840. The third-order valence-corrected chi connectivity index (χ3v) is 2.55. The van der Waals surface area contributed by atoms with Gasteiger partial charge in [-0.25, -0.2) is 4.39 Å². The van der Waals surface area contributed by atoms with Gasteiger partial charge in [-0.05, 0) is 34.1 Å². The predicted octanol–water partition coefficient (Wildman–Crippen LogP) is 2.53. The van der Waals surface area contributed by atoms with E-state index in [4.69, 9.17) is 5.73 Å². The van der Waals surface area contributed by atoms with Crippen molar-refractivity contribution in [3.8, 4) is 0 Å². The van der Waals surface area contributed by atoms with Crippen LogP contribution in [0.1, 0.15) is 5.69 Å². The Morgan fingerprint density at radius 3 is 2.85 bits per heavy atom. The van der Waals surface area contributed by atoms with Crippen molar-refractivity contribution in [3.05, 3.63) is 34.2 Å². The SMILES string of the molecule is NCc1cc2cc(F)cc(Br)c2[nH]1. The molecule has 1 aromatic carbocycles. The molecule has 0 atom stereocenters. The largest absolute Gasteiger partial charge is 0.356 e. The topological polar surface area (TPSA) is 41.8 Å². The fraction of sp³-hybridized carbons (Fsp3) is 0.111. The van der Waals surface area contributed by atoms with E-state index in [1.54, 1.807) is 0 Å². The average Bonchev–Trinajstić information content (AvgIpc) is 2.47. The van der Waals surface area contributed by atoms with Crippen LogP contribution in [0.2, 0.25) is 0 Å². The van der Waals surface area contributed by atoms with Gasteiger partial charge in [0.1, 0.15) is 5.82 Å².